The molecule has 0 aliphatic rings. The van der Waals surface area contributed by atoms with Crippen molar-refractivity contribution in [1.82, 2.24) is 9.97 Å². The molecule has 21 heavy (non-hydrogen) atoms. The second kappa shape index (κ2) is 5.04. The summed E-state index contributed by atoms with van der Waals surface area (Å²) in [6, 6.07) is 12.1. The van der Waals surface area contributed by atoms with Crippen molar-refractivity contribution in [1.29, 1.82) is 0 Å². The van der Waals surface area contributed by atoms with E-state index in [1.165, 1.54) is 0 Å². The Kier molecular flexibility index (Phi) is 3.33. The molecule has 2 N–H and O–H groups in total. The molecule has 0 spiro atoms. The van der Waals surface area contributed by atoms with Crippen LogP contribution in [0.4, 0.5) is 5.82 Å². The molecule has 2 heterocycles. The highest BCUT2D eigenvalue weighted by atomic mass is 32.1. The van der Waals surface area contributed by atoms with Gasteiger partial charge in [0.1, 0.15) is 5.82 Å². The summed E-state index contributed by atoms with van der Waals surface area (Å²) in [5.74, 6) is 0.518. The van der Waals surface area contributed by atoms with Crippen molar-refractivity contribution in [3.8, 4) is 11.1 Å². The Morgan fingerprint density at radius 2 is 1.95 bits per heavy atom. The minimum Gasteiger partial charge on any atom is -0.383 e. The van der Waals surface area contributed by atoms with Crippen molar-refractivity contribution < 1.29 is 0 Å². The zero-order chi connectivity index (χ0) is 15.0. The van der Waals surface area contributed by atoms with Gasteiger partial charge in [0.2, 0.25) is 0 Å². The SMILES string of the molecule is CC(C)(S)c1ccc2cc(-c3cccnc3)c(N)nc2c1. The maximum atomic E-state index is 6.12. The molecule has 0 amide bonds. The Labute approximate surface area is 129 Å². The maximum absolute atomic E-state index is 6.12. The first-order chi connectivity index (χ1) is 9.95. The van der Waals surface area contributed by atoms with Crippen LogP contribution in [0.1, 0.15) is 19.4 Å². The lowest BCUT2D eigenvalue weighted by Gasteiger charge is -2.18. The number of fused-ring (bicyclic) bond motifs is 1. The fourth-order valence-corrected chi connectivity index (χ4v) is 2.45. The number of thiol groups is 1. The molecule has 0 fully saturated rings. The first-order valence-corrected chi connectivity index (χ1v) is 7.23. The van der Waals surface area contributed by atoms with E-state index >= 15 is 0 Å². The number of rotatable bonds is 2. The van der Waals surface area contributed by atoms with Gasteiger partial charge in [-0.05, 0) is 37.6 Å². The summed E-state index contributed by atoms with van der Waals surface area (Å²) in [7, 11) is 0. The van der Waals surface area contributed by atoms with Gasteiger partial charge in [0.05, 0.1) is 5.52 Å². The quantitative estimate of drug-likeness (QED) is 0.701. The Balaban J connectivity index is 2.18. The molecule has 2 aromatic heterocycles. The fraction of sp³-hybridized carbons (Fsp3) is 0.176. The van der Waals surface area contributed by atoms with Gasteiger partial charge in [-0.3, -0.25) is 4.98 Å². The maximum Gasteiger partial charge on any atom is 0.132 e. The van der Waals surface area contributed by atoms with Gasteiger partial charge < -0.3 is 5.73 Å². The third-order valence-corrected chi connectivity index (χ3v) is 3.78. The molecule has 3 aromatic rings. The highest BCUT2D eigenvalue weighted by molar-refractivity contribution is 7.81. The minimum atomic E-state index is -0.202. The Morgan fingerprint density at radius 1 is 1.14 bits per heavy atom. The van der Waals surface area contributed by atoms with E-state index in [2.05, 4.69) is 54.6 Å². The van der Waals surface area contributed by atoms with E-state index in [-0.39, 0.29) is 4.75 Å². The molecule has 3 rings (SSSR count). The van der Waals surface area contributed by atoms with Gasteiger partial charge in [-0.2, -0.15) is 12.6 Å². The van der Waals surface area contributed by atoms with Crippen LogP contribution < -0.4 is 5.73 Å². The van der Waals surface area contributed by atoms with Crippen LogP contribution >= 0.6 is 12.6 Å². The fourth-order valence-electron chi connectivity index (χ4n) is 2.32. The van der Waals surface area contributed by atoms with Crippen molar-refractivity contribution in [2.45, 2.75) is 18.6 Å². The average Bonchev–Trinajstić information content (AvgIpc) is 2.46. The van der Waals surface area contributed by atoms with Crippen molar-refractivity contribution in [3.05, 3.63) is 54.4 Å². The van der Waals surface area contributed by atoms with Crippen molar-refractivity contribution in [2.24, 2.45) is 0 Å². The van der Waals surface area contributed by atoms with E-state index in [0.29, 0.717) is 5.82 Å². The van der Waals surface area contributed by atoms with E-state index in [9.17, 15) is 0 Å². The summed E-state index contributed by atoms with van der Waals surface area (Å²) in [5, 5.41) is 1.06. The molecular formula is C17H17N3S. The van der Waals surface area contributed by atoms with Crippen LogP contribution in [0.15, 0.2) is 48.8 Å². The number of hydrogen-bond acceptors (Lipinski definition) is 4. The first kappa shape index (κ1) is 13.9. The summed E-state index contributed by atoms with van der Waals surface area (Å²) in [5.41, 5.74) is 10.0. The van der Waals surface area contributed by atoms with Crippen LogP contribution in [0.3, 0.4) is 0 Å². The molecular weight excluding hydrogens is 278 g/mol. The van der Waals surface area contributed by atoms with Crippen LogP contribution in [-0.2, 0) is 4.75 Å². The average molecular weight is 295 g/mol. The number of nitrogens with two attached hydrogens (primary N) is 1. The van der Waals surface area contributed by atoms with Gasteiger partial charge in [-0.15, -0.1) is 0 Å². The first-order valence-electron chi connectivity index (χ1n) is 6.79. The van der Waals surface area contributed by atoms with Gasteiger partial charge >= 0.3 is 0 Å². The molecule has 0 saturated carbocycles. The van der Waals surface area contributed by atoms with Crippen molar-refractivity contribution >= 4 is 29.3 Å². The highest BCUT2D eigenvalue weighted by Crippen LogP contribution is 2.32. The van der Waals surface area contributed by atoms with Gasteiger partial charge in [0.25, 0.3) is 0 Å². The molecule has 0 saturated heterocycles. The van der Waals surface area contributed by atoms with Gasteiger partial charge in [0.15, 0.2) is 0 Å². The predicted octanol–water partition coefficient (Wildman–Crippen LogP) is 4.04. The van der Waals surface area contributed by atoms with E-state index in [1.807, 2.05) is 18.2 Å². The Bertz CT molecular complexity index is 792. The summed E-state index contributed by atoms with van der Waals surface area (Å²) >= 11 is 4.61. The predicted molar refractivity (Wildman–Crippen MR) is 91.4 cm³/mol. The largest absolute Gasteiger partial charge is 0.383 e. The van der Waals surface area contributed by atoms with Crippen LogP contribution in [0.25, 0.3) is 22.0 Å². The lowest BCUT2D eigenvalue weighted by atomic mass is 9.99. The van der Waals surface area contributed by atoms with Gasteiger partial charge in [0, 0.05) is 33.7 Å². The van der Waals surface area contributed by atoms with Crippen LogP contribution in [0, 0.1) is 0 Å². The van der Waals surface area contributed by atoms with E-state index in [1.54, 1.807) is 12.4 Å². The summed E-state index contributed by atoms with van der Waals surface area (Å²) < 4.78 is -0.202. The highest BCUT2D eigenvalue weighted by Gasteiger charge is 2.16. The number of pyridine rings is 2. The van der Waals surface area contributed by atoms with Crippen LogP contribution in [0.5, 0.6) is 0 Å². The normalized spacial score (nSPS) is 11.8. The standard InChI is InChI=1S/C17H17N3S/c1-17(2,21)13-6-5-11-8-14(12-4-3-7-19-10-12)16(18)20-15(11)9-13/h3-10,21H,1-2H3,(H2,18,20). The van der Waals surface area contributed by atoms with Gasteiger partial charge in [-0.25, -0.2) is 4.98 Å². The van der Waals surface area contributed by atoms with E-state index in [4.69, 9.17) is 5.73 Å². The third-order valence-electron chi connectivity index (χ3n) is 3.53. The zero-order valence-corrected chi connectivity index (χ0v) is 12.9. The molecule has 4 heteroatoms. The molecule has 0 aliphatic heterocycles. The van der Waals surface area contributed by atoms with Crippen molar-refractivity contribution in [3.63, 3.8) is 0 Å². The Morgan fingerprint density at radius 3 is 2.62 bits per heavy atom. The lowest BCUT2D eigenvalue weighted by Crippen LogP contribution is -2.07. The topological polar surface area (TPSA) is 51.8 Å². The summed E-state index contributed by atoms with van der Waals surface area (Å²) in [6.45, 7) is 4.12. The van der Waals surface area contributed by atoms with Crippen LogP contribution in [-0.4, -0.2) is 9.97 Å². The number of benzene rings is 1. The molecule has 106 valence electrons. The van der Waals surface area contributed by atoms with E-state index in [0.717, 1.165) is 27.6 Å². The molecule has 3 nitrogen and oxygen atoms in total. The zero-order valence-electron chi connectivity index (χ0n) is 12.0. The molecule has 0 bridgehead atoms. The third kappa shape index (κ3) is 2.72. The smallest absolute Gasteiger partial charge is 0.132 e. The lowest BCUT2D eigenvalue weighted by molar-refractivity contribution is 0.792. The number of nitrogen functional groups attached to an aromatic ring is 1. The van der Waals surface area contributed by atoms with Crippen LogP contribution in [0.2, 0.25) is 0 Å². The molecule has 0 aliphatic carbocycles. The number of nitrogens with zero attached hydrogens (tertiary/aromatic N) is 2. The molecule has 0 atom stereocenters. The number of anilines is 1. The Hall–Kier alpha value is -2.07. The number of aromatic nitrogens is 2. The summed E-state index contributed by atoms with van der Waals surface area (Å²) in [6.07, 6.45) is 3.54. The monoisotopic (exact) mass is 295 g/mol. The minimum absolute atomic E-state index is 0.202. The van der Waals surface area contributed by atoms with E-state index < -0.39 is 0 Å². The molecule has 0 radical (unpaired) electrons. The van der Waals surface area contributed by atoms with Crippen molar-refractivity contribution in [2.75, 3.05) is 5.73 Å². The van der Waals surface area contributed by atoms with Gasteiger partial charge in [-0.1, -0.05) is 18.2 Å². The molecule has 0 unspecified atom stereocenters. The molecule has 1 aromatic carbocycles. The second-order valence-corrected chi connectivity index (χ2v) is 6.75. The second-order valence-electron chi connectivity index (χ2n) is 5.63. The number of hydrogen-bond donors (Lipinski definition) is 2. The summed E-state index contributed by atoms with van der Waals surface area (Å²) in [4.78, 5) is 8.68.